The molecule has 0 aliphatic heterocycles. The van der Waals surface area contributed by atoms with E-state index in [1.54, 1.807) is 12.3 Å². The number of aromatic nitrogens is 2. The van der Waals surface area contributed by atoms with Crippen LogP contribution in [0, 0.1) is 0 Å². The summed E-state index contributed by atoms with van der Waals surface area (Å²) < 4.78 is 5.40. The van der Waals surface area contributed by atoms with Gasteiger partial charge in [0.05, 0.1) is 12.8 Å². The van der Waals surface area contributed by atoms with Crippen molar-refractivity contribution in [2.75, 3.05) is 11.4 Å². The average molecular weight is 294 g/mol. The smallest absolute Gasteiger partial charge is 0.137 e. The Hall–Kier alpha value is -1.55. The van der Waals surface area contributed by atoms with E-state index in [2.05, 4.69) is 42.6 Å². The third kappa shape index (κ3) is 3.51. The third-order valence-electron chi connectivity index (χ3n) is 2.98. The van der Waals surface area contributed by atoms with Crippen molar-refractivity contribution in [3.63, 3.8) is 0 Å². The Morgan fingerprint density at radius 2 is 2.05 bits per heavy atom. The highest BCUT2D eigenvalue weighted by Crippen LogP contribution is 2.24. The van der Waals surface area contributed by atoms with Crippen LogP contribution in [0.25, 0.3) is 0 Å². The van der Waals surface area contributed by atoms with Crippen molar-refractivity contribution in [2.24, 2.45) is 0 Å². The van der Waals surface area contributed by atoms with Crippen molar-refractivity contribution in [2.45, 2.75) is 39.7 Å². The summed E-state index contributed by atoms with van der Waals surface area (Å²) in [5.41, 5.74) is -0.135. The van der Waals surface area contributed by atoms with Crippen molar-refractivity contribution in [1.29, 1.82) is 0 Å². The van der Waals surface area contributed by atoms with Crippen molar-refractivity contribution in [3.05, 3.63) is 41.2 Å². The van der Waals surface area contributed by atoms with Gasteiger partial charge in [0, 0.05) is 18.0 Å². The van der Waals surface area contributed by atoms with Gasteiger partial charge in [-0.25, -0.2) is 9.97 Å². The Kier molecular flexibility index (Phi) is 4.33. The molecular formula is C15H20ClN3O. The van der Waals surface area contributed by atoms with Crippen LogP contribution in [0.3, 0.4) is 0 Å². The van der Waals surface area contributed by atoms with Gasteiger partial charge in [0.1, 0.15) is 22.6 Å². The first-order valence-electron chi connectivity index (χ1n) is 6.72. The summed E-state index contributed by atoms with van der Waals surface area (Å²) in [5, 5.41) is 0.470. The van der Waals surface area contributed by atoms with E-state index in [1.165, 1.54) is 0 Å². The maximum atomic E-state index is 6.14. The first-order chi connectivity index (χ1) is 9.40. The normalized spacial score (nSPS) is 11.7. The molecule has 0 spiro atoms. The van der Waals surface area contributed by atoms with Crippen LogP contribution in [-0.2, 0) is 12.0 Å². The summed E-state index contributed by atoms with van der Waals surface area (Å²) in [7, 11) is 0. The second kappa shape index (κ2) is 5.83. The van der Waals surface area contributed by atoms with Gasteiger partial charge in [0.15, 0.2) is 0 Å². The van der Waals surface area contributed by atoms with E-state index in [0.29, 0.717) is 11.7 Å². The summed E-state index contributed by atoms with van der Waals surface area (Å²) in [6.07, 6.45) is 1.68. The molecule has 2 aromatic rings. The largest absolute Gasteiger partial charge is 0.467 e. The van der Waals surface area contributed by atoms with Crippen LogP contribution < -0.4 is 4.90 Å². The molecule has 0 saturated heterocycles. The maximum Gasteiger partial charge on any atom is 0.137 e. The fourth-order valence-electron chi connectivity index (χ4n) is 1.85. The van der Waals surface area contributed by atoms with Crippen LogP contribution >= 0.6 is 11.6 Å². The minimum Gasteiger partial charge on any atom is -0.467 e. The van der Waals surface area contributed by atoms with Crippen molar-refractivity contribution in [1.82, 2.24) is 9.97 Å². The summed E-state index contributed by atoms with van der Waals surface area (Å²) in [5.74, 6) is 2.48. The Morgan fingerprint density at radius 3 is 2.60 bits per heavy atom. The summed E-state index contributed by atoms with van der Waals surface area (Å²) in [4.78, 5) is 11.1. The van der Waals surface area contributed by atoms with Crippen molar-refractivity contribution in [3.8, 4) is 0 Å². The lowest BCUT2D eigenvalue weighted by Crippen LogP contribution is -2.25. The van der Waals surface area contributed by atoms with E-state index >= 15 is 0 Å². The molecule has 0 fully saturated rings. The van der Waals surface area contributed by atoms with E-state index in [4.69, 9.17) is 16.0 Å². The zero-order valence-corrected chi connectivity index (χ0v) is 13.1. The highest BCUT2D eigenvalue weighted by molar-refractivity contribution is 6.29. The van der Waals surface area contributed by atoms with Gasteiger partial charge in [-0.15, -0.1) is 0 Å². The maximum absolute atomic E-state index is 6.14. The number of anilines is 1. The molecule has 108 valence electrons. The van der Waals surface area contributed by atoms with E-state index in [1.807, 2.05) is 12.1 Å². The molecule has 0 amide bonds. The molecule has 5 heteroatoms. The van der Waals surface area contributed by atoms with Gasteiger partial charge in [-0.05, 0) is 19.1 Å². The minimum absolute atomic E-state index is 0.135. The Morgan fingerprint density at radius 1 is 1.30 bits per heavy atom. The van der Waals surface area contributed by atoms with Crippen LogP contribution in [0.1, 0.15) is 39.3 Å². The quantitative estimate of drug-likeness (QED) is 0.798. The lowest BCUT2D eigenvalue weighted by atomic mass is 9.96. The molecule has 0 radical (unpaired) electrons. The second-order valence-corrected chi connectivity index (χ2v) is 6.10. The van der Waals surface area contributed by atoms with Gasteiger partial charge >= 0.3 is 0 Å². The van der Waals surface area contributed by atoms with Gasteiger partial charge in [0.2, 0.25) is 0 Å². The van der Waals surface area contributed by atoms with Gasteiger partial charge in [-0.2, -0.15) is 0 Å². The summed E-state index contributed by atoms with van der Waals surface area (Å²) in [6.45, 7) is 9.79. The zero-order chi connectivity index (χ0) is 14.8. The Balaban J connectivity index is 2.32. The number of rotatable bonds is 4. The molecule has 0 N–H and O–H groups in total. The molecule has 0 aliphatic carbocycles. The molecule has 2 rings (SSSR count). The van der Waals surface area contributed by atoms with Crippen LogP contribution in [0.4, 0.5) is 5.82 Å². The van der Waals surface area contributed by atoms with Gasteiger partial charge < -0.3 is 9.32 Å². The fraction of sp³-hybridized carbons (Fsp3) is 0.467. The van der Waals surface area contributed by atoms with Crippen molar-refractivity contribution < 1.29 is 4.42 Å². The first-order valence-corrected chi connectivity index (χ1v) is 7.10. The second-order valence-electron chi connectivity index (χ2n) is 5.72. The van der Waals surface area contributed by atoms with Gasteiger partial charge in [-0.1, -0.05) is 32.4 Å². The Bertz CT molecular complexity index is 561. The van der Waals surface area contributed by atoms with E-state index in [-0.39, 0.29) is 5.41 Å². The molecule has 2 heterocycles. The minimum atomic E-state index is -0.135. The molecule has 0 aromatic carbocycles. The molecular weight excluding hydrogens is 274 g/mol. The summed E-state index contributed by atoms with van der Waals surface area (Å²) in [6, 6.07) is 5.63. The third-order valence-corrected chi connectivity index (χ3v) is 3.18. The van der Waals surface area contributed by atoms with Gasteiger partial charge in [0.25, 0.3) is 0 Å². The highest BCUT2D eigenvalue weighted by atomic mass is 35.5. The van der Waals surface area contributed by atoms with E-state index in [0.717, 1.165) is 23.9 Å². The molecule has 0 unspecified atom stereocenters. The van der Waals surface area contributed by atoms with Crippen molar-refractivity contribution >= 4 is 17.4 Å². The Labute approximate surface area is 124 Å². The first kappa shape index (κ1) is 14.9. The van der Waals surface area contributed by atoms with Gasteiger partial charge in [-0.3, -0.25) is 0 Å². The number of hydrogen-bond acceptors (Lipinski definition) is 4. The fourth-order valence-corrected chi connectivity index (χ4v) is 2.03. The topological polar surface area (TPSA) is 42.2 Å². The highest BCUT2D eigenvalue weighted by Gasteiger charge is 2.20. The molecule has 0 aliphatic rings. The van der Waals surface area contributed by atoms with Crippen LogP contribution in [-0.4, -0.2) is 16.5 Å². The van der Waals surface area contributed by atoms with Crippen LogP contribution in [0.15, 0.2) is 28.9 Å². The molecule has 0 saturated carbocycles. The average Bonchev–Trinajstić information content (AvgIpc) is 2.87. The number of nitrogens with zero attached hydrogens (tertiary/aromatic N) is 3. The standard InChI is InChI=1S/C15H20ClN3O/c1-5-19(10-11-7-6-8-20-11)13-9-12(16)17-14(18-13)15(2,3)4/h6-9H,5,10H2,1-4H3. The zero-order valence-electron chi connectivity index (χ0n) is 12.4. The van der Waals surface area contributed by atoms with E-state index in [9.17, 15) is 0 Å². The predicted molar refractivity (Wildman–Crippen MR) is 81.2 cm³/mol. The van der Waals surface area contributed by atoms with Crippen LogP contribution in [0.2, 0.25) is 5.15 Å². The lowest BCUT2D eigenvalue weighted by Gasteiger charge is -2.24. The monoisotopic (exact) mass is 293 g/mol. The van der Waals surface area contributed by atoms with Crippen LogP contribution in [0.5, 0.6) is 0 Å². The van der Waals surface area contributed by atoms with E-state index < -0.39 is 0 Å². The molecule has 0 atom stereocenters. The summed E-state index contributed by atoms with van der Waals surface area (Å²) >= 11 is 6.14. The lowest BCUT2D eigenvalue weighted by molar-refractivity contribution is 0.501. The molecule has 4 nitrogen and oxygen atoms in total. The number of furan rings is 1. The predicted octanol–water partition coefficient (Wildman–Crippen LogP) is 4.05. The molecule has 0 bridgehead atoms. The number of hydrogen-bond donors (Lipinski definition) is 0. The number of halogens is 1. The molecule has 20 heavy (non-hydrogen) atoms. The SMILES string of the molecule is CCN(Cc1ccco1)c1cc(Cl)nc(C(C)(C)C)n1. The molecule has 2 aromatic heterocycles.